The largest absolute Gasteiger partial charge is 0.407 e. The quantitative estimate of drug-likeness (QED) is 0.914. The van der Waals surface area contributed by atoms with Crippen LogP contribution in [0.5, 0.6) is 0 Å². The maximum Gasteiger partial charge on any atom is 0.407 e. The molecule has 0 saturated carbocycles. The zero-order valence-electron chi connectivity index (χ0n) is 11.7. The normalized spacial score (nSPS) is 20.0. The molecule has 0 radical (unpaired) electrons. The number of benzene rings is 1. The van der Waals surface area contributed by atoms with Crippen molar-refractivity contribution in [3.63, 3.8) is 0 Å². The zero-order chi connectivity index (χ0) is 14.6. The minimum Gasteiger partial charge on any atom is -0.306 e. The topological polar surface area (TPSA) is 15.3 Å². The van der Waals surface area contributed by atoms with E-state index in [2.05, 4.69) is 10.2 Å². The average Bonchev–Trinajstić information content (AvgIpc) is 2.41. The minimum atomic E-state index is -4.26. The Labute approximate surface area is 118 Å². The van der Waals surface area contributed by atoms with Crippen LogP contribution in [0, 0.1) is 5.92 Å². The Morgan fingerprint density at radius 1 is 1.20 bits per heavy atom. The van der Waals surface area contributed by atoms with E-state index in [1.807, 2.05) is 7.05 Å². The van der Waals surface area contributed by atoms with Gasteiger partial charge in [0.05, 0.1) is 0 Å². The first-order valence-electron chi connectivity index (χ1n) is 7.00. The fraction of sp³-hybridized carbons (Fsp3) is 0.600. The van der Waals surface area contributed by atoms with Crippen molar-refractivity contribution in [3.8, 4) is 0 Å². The molecule has 0 amide bonds. The SMILES string of the molecule is CN1CCC(CNC(c2ccccc2)C(F)(F)F)CC1. The Kier molecular flexibility index (Phi) is 5.05. The van der Waals surface area contributed by atoms with Gasteiger partial charge in [-0.3, -0.25) is 0 Å². The van der Waals surface area contributed by atoms with Crippen LogP contribution in [0.2, 0.25) is 0 Å². The number of hydrogen-bond acceptors (Lipinski definition) is 2. The molecule has 112 valence electrons. The number of nitrogens with zero attached hydrogens (tertiary/aromatic N) is 1. The monoisotopic (exact) mass is 286 g/mol. The van der Waals surface area contributed by atoms with Crippen molar-refractivity contribution in [1.29, 1.82) is 0 Å². The molecule has 1 heterocycles. The molecule has 2 rings (SSSR count). The van der Waals surface area contributed by atoms with Crippen molar-refractivity contribution < 1.29 is 13.2 Å². The molecule has 1 N–H and O–H groups in total. The predicted octanol–water partition coefficient (Wildman–Crippen LogP) is 3.22. The molecule has 1 saturated heterocycles. The van der Waals surface area contributed by atoms with Gasteiger partial charge in [0, 0.05) is 0 Å². The molecule has 1 unspecified atom stereocenters. The highest BCUT2D eigenvalue weighted by molar-refractivity contribution is 5.20. The number of nitrogens with one attached hydrogen (secondary N) is 1. The fourth-order valence-corrected chi connectivity index (χ4v) is 2.62. The molecule has 0 aromatic heterocycles. The van der Waals surface area contributed by atoms with E-state index < -0.39 is 12.2 Å². The summed E-state index contributed by atoms with van der Waals surface area (Å²) in [5.41, 5.74) is 0.285. The lowest BCUT2D eigenvalue weighted by Gasteiger charge is -2.31. The van der Waals surface area contributed by atoms with Crippen LogP contribution in [0.1, 0.15) is 24.4 Å². The van der Waals surface area contributed by atoms with E-state index in [1.54, 1.807) is 18.2 Å². The van der Waals surface area contributed by atoms with Gasteiger partial charge in [0.25, 0.3) is 0 Å². The average molecular weight is 286 g/mol. The second-order valence-corrected chi connectivity index (χ2v) is 5.54. The van der Waals surface area contributed by atoms with E-state index in [4.69, 9.17) is 0 Å². The van der Waals surface area contributed by atoms with E-state index in [1.165, 1.54) is 12.1 Å². The predicted molar refractivity (Wildman–Crippen MR) is 73.5 cm³/mol. The summed E-state index contributed by atoms with van der Waals surface area (Å²) >= 11 is 0. The summed E-state index contributed by atoms with van der Waals surface area (Å²) in [4.78, 5) is 2.22. The van der Waals surface area contributed by atoms with Gasteiger partial charge >= 0.3 is 6.18 Å². The third kappa shape index (κ3) is 4.21. The van der Waals surface area contributed by atoms with Crippen molar-refractivity contribution in [2.24, 2.45) is 5.92 Å². The maximum atomic E-state index is 13.2. The molecular weight excluding hydrogens is 265 g/mol. The Morgan fingerprint density at radius 3 is 2.35 bits per heavy atom. The molecule has 1 atom stereocenters. The highest BCUT2D eigenvalue weighted by Crippen LogP contribution is 2.33. The van der Waals surface area contributed by atoms with E-state index in [9.17, 15) is 13.2 Å². The van der Waals surface area contributed by atoms with Crippen LogP contribution >= 0.6 is 0 Å². The molecule has 0 aliphatic carbocycles. The van der Waals surface area contributed by atoms with Gasteiger partial charge < -0.3 is 10.2 Å². The van der Waals surface area contributed by atoms with Gasteiger partial charge in [0.1, 0.15) is 6.04 Å². The molecule has 1 fully saturated rings. The van der Waals surface area contributed by atoms with Gasteiger partial charge in [-0.25, -0.2) is 0 Å². The van der Waals surface area contributed by atoms with Crippen LogP contribution in [0.3, 0.4) is 0 Å². The van der Waals surface area contributed by atoms with E-state index in [-0.39, 0.29) is 5.56 Å². The van der Waals surface area contributed by atoms with Crippen molar-refractivity contribution in [3.05, 3.63) is 35.9 Å². The lowest BCUT2D eigenvalue weighted by molar-refractivity contribution is -0.158. The number of halogens is 3. The molecule has 1 aromatic rings. The van der Waals surface area contributed by atoms with Crippen LogP contribution in [0.15, 0.2) is 30.3 Å². The Morgan fingerprint density at radius 2 is 1.80 bits per heavy atom. The highest BCUT2D eigenvalue weighted by Gasteiger charge is 2.40. The lowest BCUT2D eigenvalue weighted by atomic mass is 9.96. The van der Waals surface area contributed by atoms with Crippen LogP contribution in [-0.2, 0) is 0 Å². The number of rotatable bonds is 4. The minimum absolute atomic E-state index is 0.285. The molecule has 2 nitrogen and oxygen atoms in total. The van der Waals surface area contributed by atoms with E-state index in [0.29, 0.717) is 12.5 Å². The molecule has 0 spiro atoms. The molecular formula is C15H21F3N2. The first-order chi connectivity index (χ1) is 9.47. The summed E-state index contributed by atoms with van der Waals surface area (Å²) in [5.74, 6) is 0.333. The summed E-state index contributed by atoms with van der Waals surface area (Å²) in [6.45, 7) is 2.36. The Balaban J connectivity index is 1.96. The van der Waals surface area contributed by atoms with Crippen LogP contribution < -0.4 is 5.32 Å². The number of alkyl halides is 3. The summed E-state index contributed by atoms with van der Waals surface area (Å²) in [7, 11) is 2.05. The number of likely N-dealkylation sites (tertiary alicyclic amines) is 1. The van der Waals surface area contributed by atoms with E-state index in [0.717, 1.165) is 25.9 Å². The lowest BCUT2D eigenvalue weighted by Crippen LogP contribution is -2.40. The molecule has 1 aliphatic heterocycles. The summed E-state index contributed by atoms with van der Waals surface area (Å²) in [6.07, 6.45) is -2.33. The van der Waals surface area contributed by atoms with Crippen molar-refractivity contribution >= 4 is 0 Å². The second-order valence-electron chi connectivity index (χ2n) is 5.54. The van der Waals surface area contributed by atoms with Crippen LogP contribution in [-0.4, -0.2) is 37.8 Å². The molecule has 1 aliphatic rings. The highest BCUT2D eigenvalue weighted by atomic mass is 19.4. The van der Waals surface area contributed by atoms with Gasteiger partial charge in [0.2, 0.25) is 0 Å². The number of hydrogen-bond donors (Lipinski definition) is 1. The molecule has 1 aromatic carbocycles. The van der Waals surface area contributed by atoms with E-state index >= 15 is 0 Å². The van der Waals surface area contributed by atoms with Gasteiger partial charge in [-0.2, -0.15) is 13.2 Å². The molecule has 20 heavy (non-hydrogen) atoms. The molecule has 5 heteroatoms. The zero-order valence-corrected chi connectivity index (χ0v) is 11.7. The van der Waals surface area contributed by atoms with Crippen molar-refractivity contribution in [2.45, 2.75) is 25.1 Å². The van der Waals surface area contributed by atoms with Crippen LogP contribution in [0.4, 0.5) is 13.2 Å². The van der Waals surface area contributed by atoms with Crippen molar-refractivity contribution in [2.75, 3.05) is 26.7 Å². The Hall–Kier alpha value is -1.07. The maximum absolute atomic E-state index is 13.2. The van der Waals surface area contributed by atoms with Crippen LogP contribution in [0.25, 0.3) is 0 Å². The smallest absolute Gasteiger partial charge is 0.306 e. The standard InChI is InChI=1S/C15H21F3N2/c1-20-9-7-12(8-10-20)11-19-14(15(16,17)18)13-5-3-2-4-6-13/h2-6,12,14,19H,7-11H2,1H3. The van der Waals surface area contributed by atoms with Gasteiger partial charge in [-0.15, -0.1) is 0 Å². The van der Waals surface area contributed by atoms with Crippen molar-refractivity contribution in [1.82, 2.24) is 10.2 Å². The molecule has 0 bridgehead atoms. The summed E-state index contributed by atoms with van der Waals surface area (Å²) < 4.78 is 39.5. The second kappa shape index (κ2) is 6.59. The van der Waals surface area contributed by atoms with Gasteiger partial charge in [-0.1, -0.05) is 30.3 Å². The first kappa shape index (κ1) is 15.3. The Bertz CT molecular complexity index is 397. The summed E-state index contributed by atoms with van der Waals surface area (Å²) in [6, 6.07) is 6.51. The fourth-order valence-electron chi connectivity index (χ4n) is 2.62. The van der Waals surface area contributed by atoms with Gasteiger partial charge in [0.15, 0.2) is 0 Å². The first-order valence-corrected chi connectivity index (χ1v) is 7.00. The number of piperidine rings is 1. The van der Waals surface area contributed by atoms with Gasteiger partial charge in [-0.05, 0) is 51.0 Å². The third-order valence-electron chi connectivity index (χ3n) is 3.91. The third-order valence-corrected chi connectivity index (χ3v) is 3.91. The summed E-state index contributed by atoms with van der Waals surface area (Å²) in [5, 5.41) is 2.72.